The van der Waals surface area contributed by atoms with Crippen LogP contribution < -0.4 is 14.8 Å². The van der Waals surface area contributed by atoms with E-state index < -0.39 is 11.6 Å². The van der Waals surface area contributed by atoms with E-state index in [-0.39, 0.29) is 0 Å². The molecule has 1 aliphatic rings. The molecule has 0 aliphatic heterocycles. The van der Waals surface area contributed by atoms with Crippen molar-refractivity contribution < 1.29 is 14.3 Å². The molecule has 1 saturated carbocycles. The van der Waals surface area contributed by atoms with Crippen molar-refractivity contribution in [2.75, 3.05) is 7.11 Å². The predicted octanol–water partition coefficient (Wildman–Crippen LogP) is 3.86. The molecule has 1 amide bonds. The number of benzene rings is 2. The molecule has 0 atom stereocenters. The average Bonchev–Trinajstić information content (AvgIpc) is 3.27. The lowest BCUT2D eigenvalue weighted by atomic mass is 9.76. The molecule has 0 spiro atoms. The summed E-state index contributed by atoms with van der Waals surface area (Å²) in [6.07, 6.45) is 2.87. The van der Waals surface area contributed by atoms with Gasteiger partial charge in [0.05, 0.1) is 12.8 Å². The monoisotopic (exact) mass is 407 g/mol. The predicted molar refractivity (Wildman–Crippen MR) is 111 cm³/mol. The van der Waals surface area contributed by atoms with Gasteiger partial charge in [-0.25, -0.2) is 4.79 Å². The van der Waals surface area contributed by atoms with Gasteiger partial charge >= 0.3 is 6.09 Å². The van der Waals surface area contributed by atoms with Gasteiger partial charge in [-0.3, -0.25) is 0 Å². The summed E-state index contributed by atoms with van der Waals surface area (Å²) in [4.78, 5) is 12.8. The minimum Gasteiger partial charge on any atom is -0.497 e. The third-order valence-electron chi connectivity index (χ3n) is 5.64. The van der Waals surface area contributed by atoms with Crippen LogP contribution in [0.2, 0.25) is 0 Å². The second kappa shape index (κ2) is 8.52. The zero-order chi connectivity index (χ0) is 21.0. The Morgan fingerprint density at radius 1 is 1.07 bits per heavy atom. The lowest BCUT2D eigenvalue weighted by Gasteiger charge is -2.38. The number of carbonyl (C=O) groups is 1. The summed E-state index contributed by atoms with van der Waals surface area (Å²) in [5.41, 5.74) is 0.0916. The van der Waals surface area contributed by atoms with E-state index in [9.17, 15) is 4.79 Å². The van der Waals surface area contributed by atoms with Gasteiger partial charge in [0.2, 0.25) is 0 Å². The maximum absolute atomic E-state index is 12.8. The third kappa shape index (κ3) is 4.12. The Labute approximate surface area is 175 Å². The van der Waals surface area contributed by atoms with Crippen molar-refractivity contribution in [1.29, 1.82) is 0 Å². The van der Waals surface area contributed by atoms with Crippen molar-refractivity contribution in [2.45, 2.75) is 38.1 Å². The van der Waals surface area contributed by atoms with Crippen molar-refractivity contribution in [1.82, 2.24) is 25.5 Å². The number of nitrogens with one attached hydrogen (secondary N) is 1. The van der Waals surface area contributed by atoms with Crippen LogP contribution >= 0.6 is 0 Å². The van der Waals surface area contributed by atoms with Crippen LogP contribution in [-0.4, -0.2) is 33.4 Å². The zero-order valence-electron chi connectivity index (χ0n) is 17.1. The number of ether oxygens (including phenoxy) is 2. The number of hydrogen-bond donors (Lipinski definition) is 1. The molecule has 0 saturated heterocycles. The van der Waals surface area contributed by atoms with E-state index in [1.54, 1.807) is 23.9 Å². The Morgan fingerprint density at radius 2 is 1.77 bits per heavy atom. The summed E-state index contributed by atoms with van der Waals surface area (Å²) in [5, 5.41) is 15.5. The molecule has 0 unspecified atom stereocenters. The summed E-state index contributed by atoms with van der Waals surface area (Å²) < 4.78 is 12.4. The van der Waals surface area contributed by atoms with Gasteiger partial charge in [-0.05, 0) is 78.4 Å². The van der Waals surface area contributed by atoms with Gasteiger partial charge < -0.3 is 14.8 Å². The molecule has 3 aromatic rings. The molecule has 30 heavy (non-hydrogen) atoms. The molecule has 0 bridgehead atoms. The Hall–Kier alpha value is -3.42. The molecule has 1 fully saturated rings. The normalized spacial score (nSPS) is 21.1. The number of hydrogen-bond acceptors (Lipinski definition) is 6. The first-order valence-electron chi connectivity index (χ1n) is 10.1. The third-order valence-corrected chi connectivity index (χ3v) is 5.64. The molecule has 1 aliphatic carbocycles. The molecule has 8 heteroatoms. The van der Waals surface area contributed by atoms with Gasteiger partial charge in [0.15, 0.2) is 5.82 Å². The number of tetrazole rings is 1. The first-order valence-corrected chi connectivity index (χ1v) is 10.1. The highest BCUT2D eigenvalue weighted by molar-refractivity contribution is 5.71. The second-order valence-corrected chi connectivity index (χ2v) is 7.70. The Kier molecular flexibility index (Phi) is 5.65. The Bertz CT molecular complexity index is 980. The van der Waals surface area contributed by atoms with Crippen molar-refractivity contribution in [3.8, 4) is 17.2 Å². The minimum absolute atomic E-state index is 0.490. The zero-order valence-corrected chi connectivity index (χ0v) is 17.1. The second-order valence-electron chi connectivity index (χ2n) is 7.70. The molecule has 8 nitrogen and oxygen atoms in total. The van der Waals surface area contributed by atoms with Crippen molar-refractivity contribution in [3.63, 3.8) is 0 Å². The van der Waals surface area contributed by atoms with Crippen LogP contribution in [0.25, 0.3) is 5.69 Å². The number of rotatable bonds is 5. The van der Waals surface area contributed by atoms with Gasteiger partial charge in [0.1, 0.15) is 17.0 Å². The fourth-order valence-electron chi connectivity index (χ4n) is 3.86. The van der Waals surface area contributed by atoms with Crippen LogP contribution in [0.5, 0.6) is 11.5 Å². The summed E-state index contributed by atoms with van der Waals surface area (Å²) in [6.45, 7) is 2.22. The van der Waals surface area contributed by atoms with E-state index in [4.69, 9.17) is 9.47 Å². The molecular weight excluding hydrogens is 382 g/mol. The molecule has 2 aromatic carbocycles. The van der Waals surface area contributed by atoms with E-state index in [0.29, 0.717) is 17.5 Å². The van der Waals surface area contributed by atoms with Crippen LogP contribution in [0.1, 0.15) is 38.4 Å². The van der Waals surface area contributed by atoms with Crippen LogP contribution in [0.15, 0.2) is 54.6 Å². The van der Waals surface area contributed by atoms with E-state index in [0.717, 1.165) is 37.1 Å². The lowest BCUT2D eigenvalue weighted by molar-refractivity contribution is 0.150. The fourth-order valence-corrected chi connectivity index (χ4v) is 3.86. The molecule has 0 radical (unpaired) electrons. The van der Waals surface area contributed by atoms with Crippen LogP contribution in [0, 0.1) is 5.92 Å². The number of aromatic nitrogens is 4. The van der Waals surface area contributed by atoms with Gasteiger partial charge in [0, 0.05) is 0 Å². The van der Waals surface area contributed by atoms with Crippen LogP contribution in [0.3, 0.4) is 0 Å². The van der Waals surface area contributed by atoms with Crippen molar-refractivity contribution >= 4 is 6.09 Å². The topological polar surface area (TPSA) is 91.2 Å². The summed E-state index contributed by atoms with van der Waals surface area (Å²) >= 11 is 0. The van der Waals surface area contributed by atoms with Gasteiger partial charge in [-0.2, -0.15) is 4.68 Å². The average molecular weight is 407 g/mol. The van der Waals surface area contributed by atoms with E-state index in [1.807, 2.05) is 42.5 Å². The molecule has 156 valence electrons. The van der Waals surface area contributed by atoms with Crippen LogP contribution in [0.4, 0.5) is 4.79 Å². The molecule has 1 heterocycles. The first kappa shape index (κ1) is 19.9. The minimum atomic E-state index is -0.707. The molecule has 1 aromatic heterocycles. The summed E-state index contributed by atoms with van der Waals surface area (Å²) in [7, 11) is 1.62. The highest BCUT2D eigenvalue weighted by Gasteiger charge is 2.42. The van der Waals surface area contributed by atoms with Gasteiger partial charge in [0.25, 0.3) is 0 Å². The Balaban J connectivity index is 1.64. The Morgan fingerprint density at radius 3 is 2.43 bits per heavy atom. The number of methoxy groups -OCH3 is 1. The number of carbonyl (C=O) groups excluding carboxylic acids is 1. The van der Waals surface area contributed by atoms with E-state index >= 15 is 0 Å². The fraction of sp³-hybridized carbons (Fsp3) is 0.364. The van der Waals surface area contributed by atoms with Gasteiger partial charge in [-0.1, -0.05) is 25.1 Å². The summed E-state index contributed by atoms with van der Waals surface area (Å²) in [5.74, 6) is 2.42. The quantitative estimate of drug-likeness (QED) is 0.690. The number of amides is 1. The lowest BCUT2D eigenvalue weighted by Crippen LogP contribution is -2.50. The van der Waals surface area contributed by atoms with E-state index in [1.165, 1.54) is 0 Å². The SMILES string of the molecule is COc1ccc(-n2nnnc2C2(NC(=O)Oc3ccccc3)CCC(C)CC2)cc1. The highest BCUT2D eigenvalue weighted by Crippen LogP contribution is 2.39. The largest absolute Gasteiger partial charge is 0.497 e. The highest BCUT2D eigenvalue weighted by atomic mass is 16.6. The molecule has 4 rings (SSSR count). The maximum atomic E-state index is 12.8. The number of para-hydroxylation sites is 1. The van der Waals surface area contributed by atoms with E-state index in [2.05, 4.69) is 27.8 Å². The molecule has 1 N–H and O–H groups in total. The van der Waals surface area contributed by atoms with Crippen LogP contribution in [-0.2, 0) is 5.54 Å². The van der Waals surface area contributed by atoms with Gasteiger partial charge in [-0.15, -0.1) is 5.10 Å². The number of nitrogens with zero attached hydrogens (tertiary/aromatic N) is 4. The molecular formula is C22H25N5O3. The smallest absolute Gasteiger partial charge is 0.413 e. The first-order chi connectivity index (χ1) is 14.6. The van der Waals surface area contributed by atoms with Crippen molar-refractivity contribution in [2.24, 2.45) is 5.92 Å². The standard InChI is InChI=1S/C22H25N5O3/c1-16-12-14-22(15-13-16,23-21(28)30-19-6-4-3-5-7-19)20-24-25-26-27(20)17-8-10-18(29-2)11-9-17/h3-11,16H,12-15H2,1-2H3,(H,23,28). The summed E-state index contributed by atoms with van der Waals surface area (Å²) in [6, 6.07) is 16.5. The van der Waals surface area contributed by atoms with Crippen molar-refractivity contribution in [3.05, 3.63) is 60.4 Å². The maximum Gasteiger partial charge on any atom is 0.413 e.